The molecule has 2 heterocycles. The van der Waals surface area contributed by atoms with E-state index < -0.39 is 0 Å². The van der Waals surface area contributed by atoms with Gasteiger partial charge in [0, 0.05) is 6.04 Å². The van der Waals surface area contributed by atoms with Gasteiger partial charge in [0.2, 0.25) is 0 Å². The van der Waals surface area contributed by atoms with Crippen LogP contribution in [0.2, 0.25) is 0 Å². The van der Waals surface area contributed by atoms with Gasteiger partial charge in [-0.2, -0.15) is 5.10 Å². The van der Waals surface area contributed by atoms with Gasteiger partial charge in [0.05, 0.1) is 4.88 Å². The van der Waals surface area contributed by atoms with Crippen LogP contribution >= 0.6 is 23.6 Å². The second-order valence-electron chi connectivity index (χ2n) is 5.24. The van der Waals surface area contributed by atoms with E-state index in [1.807, 2.05) is 6.07 Å². The summed E-state index contributed by atoms with van der Waals surface area (Å²) in [6.45, 7) is 8.82. The summed E-state index contributed by atoms with van der Waals surface area (Å²) in [5.74, 6) is 0.937. The van der Waals surface area contributed by atoms with Crippen molar-refractivity contribution < 1.29 is 0 Å². The first-order valence-electron chi connectivity index (χ1n) is 5.62. The highest BCUT2D eigenvalue weighted by Crippen LogP contribution is 2.34. The summed E-state index contributed by atoms with van der Waals surface area (Å²) in [4.78, 5) is 1.15. The van der Waals surface area contributed by atoms with Crippen molar-refractivity contribution in [2.24, 2.45) is 5.41 Å². The van der Waals surface area contributed by atoms with Crippen LogP contribution in [0.5, 0.6) is 0 Å². The summed E-state index contributed by atoms with van der Waals surface area (Å²) in [6.07, 6.45) is 0. The van der Waals surface area contributed by atoms with Gasteiger partial charge in [0.25, 0.3) is 0 Å². The molecule has 0 aliphatic rings. The van der Waals surface area contributed by atoms with E-state index in [2.05, 4.69) is 53.9 Å². The van der Waals surface area contributed by atoms with Gasteiger partial charge >= 0.3 is 0 Å². The van der Waals surface area contributed by atoms with Crippen LogP contribution in [-0.4, -0.2) is 14.8 Å². The molecule has 0 saturated heterocycles. The normalized spacial score (nSPS) is 13.9. The highest BCUT2D eigenvalue weighted by Gasteiger charge is 2.25. The third-order valence-electron chi connectivity index (χ3n) is 3.09. The molecule has 0 fully saturated rings. The van der Waals surface area contributed by atoms with Gasteiger partial charge in [-0.15, -0.1) is 11.3 Å². The number of hydrogen-bond acceptors (Lipinski definition) is 3. The molecule has 0 radical (unpaired) electrons. The molecule has 2 aromatic rings. The van der Waals surface area contributed by atoms with Gasteiger partial charge in [0.1, 0.15) is 0 Å². The lowest BCUT2D eigenvalue weighted by molar-refractivity contribution is 0.262. The first-order chi connectivity index (χ1) is 7.91. The lowest BCUT2D eigenvalue weighted by atomic mass is 9.88. The Balaban J connectivity index is 2.55. The highest BCUT2D eigenvalue weighted by molar-refractivity contribution is 7.71. The minimum Gasteiger partial charge on any atom is -0.296 e. The molecule has 2 rings (SSSR count). The van der Waals surface area contributed by atoms with E-state index in [4.69, 9.17) is 12.2 Å². The van der Waals surface area contributed by atoms with E-state index in [1.54, 1.807) is 11.3 Å². The van der Waals surface area contributed by atoms with Crippen molar-refractivity contribution >= 4 is 23.6 Å². The lowest BCUT2D eigenvalue weighted by Gasteiger charge is -2.29. The van der Waals surface area contributed by atoms with Crippen molar-refractivity contribution in [3.63, 3.8) is 0 Å². The molecule has 92 valence electrons. The van der Waals surface area contributed by atoms with E-state index >= 15 is 0 Å². The summed E-state index contributed by atoms with van der Waals surface area (Å²) in [7, 11) is 0. The van der Waals surface area contributed by atoms with Crippen LogP contribution in [-0.2, 0) is 0 Å². The van der Waals surface area contributed by atoms with Gasteiger partial charge in [0.15, 0.2) is 10.6 Å². The van der Waals surface area contributed by atoms with E-state index in [0.717, 1.165) is 10.7 Å². The summed E-state index contributed by atoms with van der Waals surface area (Å²) >= 11 is 7.02. The first kappa shape index (κ1) is 12.5. The van der Waals surface area contributed by atoms with E-state index in [-0.39, 0.29) is 5.41 Å². The van der Waals surface area contributed by atoms with Gasteiger partial charge in [-0.25, -0.2) is 0 Å². The van der Waals surface area contributed by atoms with Crippen LogP contribution in [0.4, 0.5) is 0 Å². The van der Waals surface area contributed by atoms with E-state index in [0.29, 0.717) is 10.8 Å². The zero-order valence-corrected chi connectivity index (χ0v) is 12.2. The molecular formula is C12H17N3S2. The maximum Gasteiger partial charge on any atom is 0.195 e. The second kappa shape index (κ2) is 4.38. The highest BCUT2D eigenvalue weighted by atomic mass is 32.1. The number of aromatic nitrogens is 3. The minimum absolute atomic E-state index is 0.147. The number of rotatable bonds is 2. The standard InChI is InChI=1S/C12H17N3S2/c1-8(12(2,3)4)15-10(13-14-11(15)16)9-6-5-7-17-9/h5-8H,1-4H3,(H,14,16). The van der Waals surface area contributed by atoms with Crippen molar-refractivity contribution in [2.75, 3.05) is 0 Å². The van der Waals surface area contributed by atoms with Crippen LogP contribution in [0, 0.1) is 10.2 Å². The average molecular weight is 267 g/mol. The molecule has 0 amide bonds. The molecule has 17 heavy (non-hydrogen) atoms. The van der Waals surface area contributed by atoms with Crippen LogP contribution < -0.4 is 0 Å². The Labute approximate surface area is 111 Å². The number of aromatic amines is 1. The summed E-state index contributed by atoms with van der Waals surface area (Å²) < 4.78 is 2.80. The Bertz CT molecular complexity index is 543. The molecule has 2 aromatic heterocycles. The first-order valence-corrected chi connectivity index (χ1v) is 6.91. The molecule has 0 saturated carbocycles. The predicted octanol–water partition coefficient (Wildman–Crippen LogP) is 4.28. The van der Waals surface area contributed by atoms with Crippen LogP contribution in [0.25, 0.3) is 10.7 Å². The van der Waals surface area contributed by atoms with Crippen molar-refractivity contribution in [3.05, 3.63) is 22.3 Å². The summed E-state index contributed by atoms with van der Waals surface area (Å²) in [6, 6.07) is 4.40. The zero-order chi connectivity index (χ0) is 12.6. The fourth-order valence-corrected chi connectivity index (χ4v) is 2.63. The molecule has 0 aliphatic carbocycles. The van der Waals surface area contributed by atoms with Crippen molar-refractivity contribution in [2.45, 2.75) is 33.7 Å². The number of thiophene rings is 1. The van der Waals surface area contributed by atoms with Gasteiger partial charge < -0.3 is 0 Å². The summed E-state index contributed by atoms with van der Waals surface area (Å²) in [5, 5.41) is 9.30. The molecule has 1 atom stereocenters. The van der Waals surface area contributed by atoms with Crippen molar-refractivity contribution in [1.82, 2.24) is 14.8 Å². The van der Waals surface area contributed by atoms with Crippen molar-refractivity contribution in [1.29, 1.82) is 0 Å². The molecule has 1 unspecified atom stereocenters. The topological polar surface area (TPSA) is 33.6 Å². The third-order valence-corrected chi connectivity index (χ3v) is 4.24. The van der Waals surface area contributed by atoms with Crippen molar-refractivity contribution in [3.8, 4) is 10.7 Å². The Kier molecular flexibility index (Phi) is 3.23. The van der Waals surface area contributed by atoms with Crippen LogP contribution in [0.15, 0.2) is 17.5 Å². The molecule has 0 aromatic carbocycles. The maximum atomic E-state index is 5.34. The Morgan fingerprint density at radius 3 is 2.71 bits per heavy atom. The Morgan fingerprint density at radius 1 is 1.47 bits per heavy atom. The number of H-pyrrole nitrogens is 1. The third kappa shape index (κ3) is 2.35. The molecule has 3 nitrogen and oxygen atoms in total. The van der Waals surface area contributed by atoms with Gasteiger partial charge in [-0.05, 0) is 36.0 Å². The number of nitrogens with zero attached hydrogens (tertiary/aromatic N) is 2. The molecule has 5 heteroatoms. The van der Waals surface area contributed by atoms with Gasteiger partial charge in [-0.1, -0.05) is 26.8 Å². The second-order valence-corrected chi connectivity index (χ2v) is 6.58. The molecule has 0 bridgehead atoms. The number of nitrogens with one attached hydrogen (secondary N) is 1. The maximum absolute atomic E-state index is 5.34. The quantitative estimate of drug-likeness (QED) is 0.824. The van der Waals surface area contributed by atoms with E-state index in [9.17, 15) is 0 Å². The monoisotopic (exact) mass is 267 g/mol. The van der Waals surface area contributed by atoms with Crippen LogP contribution in [0.3, 0.4) is 0 Å². The van der Waals surface area contributed by atoms with E-state index in [1.165, 1.54) is 0 Å². The fraction of sp³-hybridized carbons (Fsp3) is 0.500. The largest absolute Gasteiger partial charge is 0.296 e. The molecule has 0 spiro atoms. The number of hydrogen-bond donors (Lipinski definition) is 1. The summed E-state index contributed by atoms with van der Waals surface area (Å²) in [5.41, 5.74) is 0.147. The minimum atomic E-state index is 0.147. The lowest BCUT2D eigenvalue weighted by Crippen LogP contribution is -2.22. The zero-order valence-electron chi connectivity index (χ0n) is 10.5. The van der Waals surface area contributed by atoms with Gasteiger partial charge in [-0.3, -0.25) is 9.67 Å². The molecule has 0 aliphatic heterocycles. The smallest absolute Gasteiger partial charge is 0.195 e. The van der Waals surface area contributed by atoms with Crippen LogP contribution in [0.1, 0.15) is 33.7 Å². The fourth-order valence-electron chi connectivity index (χ4n) is 1.63. The molecule has 1 N–H and O–H groups in total. The average Bonchev–Trinajstić information content (AvgIpc) is 2.83. The SMILES string of the molecule is CC(n1c(-c2cccs2)n[nH]c1=S)C(C)(C)C. The predicted molar refractivity (Wildman–Crippen MR) is 74.9 cm³/mol. The Morgan fingerprint density at radius 2 is 2.18 bits per heavy atom. The molecular weight excluding hydrogens is 250 g/mol. The Hall–Kier alpha value is -0.940.